The van der Waals surface area contributed by atoms with E-state index < -0.39 is 0 Å². The maximum atomic E-state index is 9.67. The van der Waals surface area contributed by atoms with E-state index in [-0.39, 0.29) is 5.41 Å². The Morgan fingerprint density at radius 1 is 1.50 bits per heavy atom. The summed E-state index contributed by atoms with van der Waals surface area (Å²) in [7, 11) is 0. The minimum Gasteiger partial charge on any atom is -0.234 e. The van der Waals surface area contributed by atoms with Gasteiger partial charge < -0.3 is 0 Å². The van der Waals surface area contributed by atoms with E-state index >= 15 is 0 Å². The number of hydrogen-bond acceptors (Lipinski definition) is 1. The minimum atomic E-state index is 0.234. The van der Waals surface area contributed by atoms with Crippen LogP contribution in [0.1, 0.15) is 27.2 Å². The Balaban J connectivity index is 3.55. The fraction of sp³-hybridized carbons (Fsp3) is 0.714. The Hall–Kier alpha value is -0.550. The first-order chi connectivity index (χ1) is 3.56. The lowest BCUT2D eigenvalue weighted by molar-refractivity contribution is 0.420. The molecule has 0 aromatic heterocycles. The van der Waals surface area contributed by atoms with Crippen molar-refractivity contribution in [2.45, 2.75) is 27.2 Å². The van der Waals surface area contributed by atoms with Crippen molar-refractivity contribution >= 4 is 5.94 Å². The smallest absolute Gasteiger partial charge is 0.120 e. The average Bonchev–Trinajstić information content (AvgIpc) is 1.59. The molecule has 0 aliphatic rings. The standard InChI is InChI=1S/C7H12O/c1-7(2,3)5-4-6-8/h4H,5H2,1-3H3. The number of hydrogen-bond donors (Lipinski definition) is 0. The lowest BCUT2D eigenvalue weighted by atomic mass is 9.93. The van der Waals surface area contributed by atoms with Crippen LogP contribution in [0.25, 0.3) is 0 Å². The number of carbonyl (C=O) groups excluding carboxylic acids is 1. The normalized spacial score (nSPS) is 10.4. The molecular weight excluding hydrogens is 100 g/mol. The summed E-state index contributed by atoms with van der Waals surface area (Å²) in [5, 5.41) is 0. The third-order valence-corrected chi connectivity index (χ3v) is 0.798. The summed E-state index contributed by atoms with van der Waals surface area (Å²) in [6.07, 6.45) is 2.34. The Morgan fingerprint density at radius 2 is 2.00 bits per heavy atom. The van der Waals surface area contributed by atoms with Crippen LogP contribution < -0.4 is 0 Å². The van der Waals surface area contributed by atoms with E-state index in [1.807, 2.05) is 0 Å². The maximum absolute atomic E-state index is 9.67. The van der Waals surface area contributed by atoms with Gasteiger partial charge in [0.2, 0.25) is 0 Å². The molecule has 0 saturated carbocycles. The van der Waals surface area contributed by atoms with Crippen molar-refractivity contribution in [1.29, 1.82) is 0 Å². The Bertz CT molecular complexity index is 102. The van der Waals surface area contributed by atoms with Crippen LogP contribution in [-0.2, 0) is 4.79 Å². The molecule has 1 nitrogen and oxygen atoms in total. The van der Waals surface area contributed by atoms with Crippen LogP contribution in [-0.4, -0.2) is 5.94 Å². The van der Waals surface area contributed by atoms with E-state index in [1.165, 1.54) is 6.08 Å². The van der Waals surface area contributed by atoms with Crippen molar-refractivity contribution in [3.05, 3.63) is 6.08 Å². The summed E-state index contributed by atoms with van der Waals surface area (Å²) >= 11 is 0. The maximum Gasteiger partial charge on any atom is 0.120 e. The first-order valence-electron chi connectivity index (χ1n) is 2.75. The van der Waals surface area contributed by atoms with Gasteiger partial charge in [-0.15, -0.1) is 0 Å². The third-order valence-electron chi connectivity index (χ3n) is 0.798. The van der Waals surface area contributed by atoms with Crippen molar-refractivity contribution in [3.63, 3.8) is 0 Å². The molecule has 0 heterocycles. The highest BCUT2D eigenvalue weighted by atomic mass is 16.1. The molecular formula is C7H12O. The van der Waals surface area contributed by atoms with Gasteiger partial charge in [0.25, 0.3) is 0 Å². The second kappa shape index (κ2) is 2.68. The number of allylic oxidation sites excluding steroid dienone is 1. The largest absolute Gasteiger partial charge is 0.234 e. The molecule has 0 radical (unpaired) electrons. The van der Waals surface area contributed by atoms with Gasteiger partial charge in [-0.2, -0.15) is 0 Å². The second-order valence-electron chi connectivity index (χ2n) is 3.09. The summed E-state index contributed by atoms with van der Waals surface area (Å²) in [6, 6.07) is 0. The third kappa shape index (κ3) is 5.45. The van der Waals surface area contributed by atoms with Gasteiger partial charge in [0, 0.05) is 6.08 Å². The molecule has 0 N–H and O–H groups in total. The molecule has 8 heavy (non-hydrogen) atoms. The molecule has 0 aromatic rings. The molecule has 0 aromatic carbocycles. The highest BCUT2D eigenvalue weighted by Gasteiger charge is 2.05. The van der Waals surface area contributed by atoms with Crippen molar-refractivity contribution < 1.29 is 4.79 Å². The van der Waals surface area contributed by atoms with E-state index in [9.17, 15) is 4.79 Å². The highest BCUT2D eigenvalue weighted by molar-refractivity contribution is 5.44. The zero-order chi connectivity index (χ0) is 6.62. The Labute approximate surface area is 50.4 Å². The van der Waals surface area contributed by atoms with Crippen LogP contribution in [0.2, 0.25) is 0 Å². The molecule has 0 spiro atoms. The predicted octanol–water partition coefficient (Wildman–Crippen LogP) is 1.81. The van der Waals surface area contributed by atoms with Crippen LogP contribution in [0.15, 0.2) is 6.08 Å². The van der Waals surface area contributed by atoms with Gasteiger partial charge >= 0.3 is 0 Å². The van der Waals surface area contributed by atoms with E-state index in [1.54, 1.807) is 5.94 Å². The van der Waals surface area contributed by atoms with Crippen LogP contribution in [0.3, 0.4) is 0 Å². The fourth-order valence-electron chi connectivity index (χ4n) is 0.348. The first kappa shape index (κ1) is 7.45. The molecule has 0 saturated heterocycles. The molecule has 0 amide bonds. The monoisotopic (exact) mass is 112 g/mol. The Kier molecular flexibility index (Phi) is 2.50. The molecule has 0 rings (SSSR count). The van der Waals surface area contributed by atoms with Gasteiger partial charge in [-0.3, -0.25) is 0 Å². The lowest BCUT2D eigenvalue weighted by Crippen LogP contribution is -2.01. The quantitative estimate of drug-likeness (QED) is 0.473. The molecule has 46 valence electrons. The van der Waals surface area contributed by atoms with E-state index in [0.29, 0.717) is 0 Å². The molecule has 0 aliphatic carbocycles. The van der Waals surface area contributed by atoms with E-state index in [4.69, 9.17) is 0 Å². The Morgan fingerprint density at radius 3 is 2.12 bits per heavy atom. The van der Waals surface area contributed by atoms with Crippen LogP contribution >= 0.6 is 0 Å². The van der Waals surface area contributed by atoms with Crippen molar-refractivity contribution in [3.8, 4) is 0 Å². The molecule has 0 aliphatic heterocycles. The number of rotatable bonds is 1. The van der Waals surface area contributed by atoms with Crippen molar-refractivity contribution in [2.75, 3.05) is 0 Å². The summed E-state index contributed by atoms with van der Waals surface area (Å²) < 4.78 is 0. The van der Waals surface area contributed by atoms with Gasteiger partial charge in [-0.05, 0) is 11.8 Å². The van der Waals surface area contributed by atoms with Crippen molar-refractivity contribution in [1.82, 2.24) is 0 Å². The van der Waals surface area contributed by atoms with Gasteiger partial charge in [0.1, 0.15) is 5.94 Å². The van der Waals surface area contributed by atoms with Gasteiger partial charge in [-0.1, -0.05) is 20.8 Å². The topological polar surface area (TPSA) is 17.1 Å². The fourth-order valence-corrected chi connectivity index (χ4v) is 0.348. The first-order valence-corrected chi connectivity index (χ1v) is 2.75. The summed E-state index contributed by atoms with van der Waals surface area (Å²) in [4.78, 5) is 9.67. The van der Waals surface area contributed by atoms with Crippen LogP contribution in [0.5, 0.6) is 0 Å². The zero-order valence-corrected chi connectivity index (χ0v) is 5.69. The van der Waals surface area contributed by atoms with Gasteiger partial charge in [0.15, 0.2) is 0 Å². The SMILES string of the molecule is CC(C)(C)CC=C=O. The molecule has 0 unspecified atom stereocenters. The molecule has 0 fully saturated rings. The highest BCUT2D eigenvalue weighted by Crippen LogP contribution is 2.17. The molecule has 0 bridgehead atoms. The van der Waals surface area contributed by atoms with E-state index in [2.05, 4.69) is 20.8 Å². The average molecular weight is 112 g/mol. The lowest BCUT2D eigenvalue weighted by Gasteiger charge is -2.12. The molecule has 1 heteroatoms. The second-order valence-corrected chi connectivity index (χ2v) is 3.09. The summed E-state index contributed by atoms with van der Waals surface area (Å²) in [5.41, 5.74) is 0.234. The predicted molar refractivity (Wildman–Crippen MR) is 34.3 cm³/mol. The van der Waals surface area contributed by atoms with E-state index in [0.717, 1.165) is 6.42 Å². The summed E-state index contributed by atoms with van der Waals surface area (Å²) in [6.45, 7) is 6.25. The van der Waals surface area contributed by atoms with Crippen molar-refractivity contribution in [2.24, 2.45) is 5.41 Å². The van der Waals surface area contributed by atoms with Gasteiger partial charge in [-0.25, -0.2) is 4.79 Å². The van der Waals surface area contributed by atoms with Crippen LogP contribution in [0, 0.1) is 5.41 Å². The molecule has 0 atom stereocenters. The van der Waals surface area contributed by atoms with Gasteiger partial charge in [0.05, 0.1) is 0 Å². The van der Waals surface area contributed by atoms with Crippen LogP contribution in [0.4, 0.5) is 0 Å². The zero-order valence-electron chi connectivity index (χ0n) is 5.69. The minimum absolute atomic E-state index is 0.234. The summed E-state index contributed by atoms with van der Waals surface area (Å²) in [5.74, 6) is 1.75.